The van der Waals surface area contributed by atoms with Gasteiger partial charge in [-0.25, -0.2) is 4.79 Å². The molecule has 0 aliphatic heterocycles. The van der Waals surface area contributed by atoms with Gasteiger partial charge in [0.1, 0.15) is 12.6 Å². The second kappa shape index (κ2) is 12.7. The molecule has 9 heteroatoms. The predicted octanol–water partition coefficient (Wildman–Crippen LogP) is 2.04. The second-order valence-corrected chi connectivity index (χ2v) is 7.40. The monoisotopic (exact) mass is 406 g/mol. The highest BCUT2D eigenvalue weighted by Gasteiger charge is 2.29. The van der Waals surface area contributed by atoms with Gasteiger partial charge >= 0.3 is 12.3 Å². The molecular weight excluding hydrogens is 380 g/mol. The van der Waals surface area contributed by atoms with Crippen molar-refractivity contribution in [2.45, 2.75) is 39.0 Å². The maximum Gasteiger partial charge on any atom is 0.408 e. The van der Waals surface area contributed by atoms with Crippen LogP contribution in [-0.4, -0.2) is 52.9 Å². The summed E-state index contributed by atoms with van der Waals surface area (Å²) in [5, 5.41) is 5.17. The van der Waals surface area contributed by atoms with Crippen molar-refractivity contribution in [1.82, 2.24) is 10.6 Å². The highest BCUT2D eigenvalue weighted by atomic mass is 32.2. The lowest BCUT2D eigenvalue weighted by molar-refractivity contribution is -0.128. The first-order valence-electron chi connectivity index (χ1n) is 8.86. The number of thioether (sulfide) groups is 1. The quantitative estimate of drug-likeness (QED) is 0.331. The first kappa shape index (κ1) is 23.4. The molecule has 0 spiro atoms. The molecule has 0 radical (unpaired) electrons. The van der Waals surface area contributed by atoms with Gasteiger partial charge in [-0.05, 0) is 29.9 Å². The summed E-state index contributed by atoms with van der Waals surface area (Å²) < 4.78 is 5.16. The molecule has 8 nitrogen and oxygen atoms in total. The Balaban J connectivity index is 2.70. The average molecular weight is 407 g/mol. The number of carbonyl (C=O) groups is 3. The molecule has 0 saturated heterocycles. The van der Waals surface area contributed by atoms with Crippen molar-refractivity contribution in [3.63, 3.8) is 0 Å². The van der Waals surface area contributed by atoms with Crippen LogP contribution in [0.25, 0.3) is 5.53 Å². The van der Waals surface area contributed by atoms with E-state index in [1.807, 2.05) is 36.6 Å². The van der Waals surface area contributed by atoms with Crippen LogP contribution >= 0.6 is 11.8 Å². The van der Waals surface area contributed by atoms with Gasteiger partial charge in [-0.2, -0.15) is 16.6 Å². The van der Waals surface area contributed by atoms with E-state index in [0.29, 0.717) is 12.2 Å². The first-order chi connectivity index (χ1) is 13.4. The number of carbonyl (C=O) groups excluding carboxylic acids is 3. The number of ether oxygens (including phenoxy) is 1. The Morgan fingerprint density at radius 1 is 1.21 bits per heavy atom. The molecule has 2 N–H and O–H groups in total. The molecule has 0 aliphatic carbocycles. The number of alkyl carbamates (subject to hydrolysis) is 1. The molecular formula is C19H26N4O4S. The molecule has 2 atom stereocenters. The largest absolute Gasteiger partial charge is 0.445 e. The van der Waals surface area contributed by atoms with Crippen molar-refractivity contribution in [3.8, 4) is 0 Å². The molecule has 1 aromatic rings. The second-order valence-electron chi connectivity index (χ2n) is 6.42. The Morgan fingerprint density at radius 2 is 1.89 bits per heavy atom. The van der Waals surface area contributed by atoms with E-state index in [0.717, 1.165) is 11.8 Å². The lowest BCUT2D eigenvalue weighted by atomic mass is 10.0. The maximum absolute atomic E-state index is 12.6. The van der Waals surface area contributed by atoms with Crippen LogP contribution in [0.5, 0.6) is 0 Å². The fraction of sp³-hybridized carbons (Fsp3) is 0.474. The van der Waals surface area contributed by atoms with Crippen LogP contribution in [0.2, 0.25) is 0 Å². The van der Waals surface area contributed by atoms with Crippen molar-refractivity contribution >= 4 is 35.8 Å². The number of ketones is 1. The molecule has 0 fully saturated rings. The molecule has 152 valence electrons. The number of Topliss-reactive ketones (excluding diaryl/α,β-unsaturated/α-hetero) is 1. The first-order valence-corrected chi connectivity index (χ1v) is 10.3. The highest BCUT2D eigenvalue weighted by Crippen LogP contribution is 2.07. The van der Waals surface area contributed by atoms with E-state index in [1.54, 1.807) is 13.8 Å². The number of amides is 2. The van der Waals surface area contributed by atoms with E-state index >= 15 is 0 Å². The third-order valence-corrected chi connectivity index (χ3v) is 4.53. The Bertz CT molecular complexity index is 705. The Hall–Kier alpha value is -2.64. The predicted molar refractivity (Wildman–Crippen MR) is 108 cm³/mol. The molecule has 0 heterocycles. The van der Waals surface area contributed by atoms with Gasteiger partial charge in [0.2, 0.25) is 5.91 Å². The van der Waals surface area contributed by atoms with Gasteiger partial charge in [-0.3, -0.25) is 9.59 Å². The number of rotatable bonds is 11. The fourth-order valence-corrected chi connectivity index (χ4v) is 2.83. The van der Waals surface area contributed by atoms with Crippen LogP contribution in [0.15, 0.2) is 30.3 Å². The van der Waals surface area contributed by atoms with Gasteiger partial charge in [0, 0.05) is 0 Å². The minimum atomic E-state index is -0.876. The highest BCUT2D eigenvalue weighted by molar-refractivity contribution is 7.98. The van der Waals surface area contributed by atoms with Crippen LogP contribution in [0.4, 0.5) is 4.79 Å². The third kappa shape index (κ3) is 8.37. The molecule has 28 heavy (non-hydrogen) atoms. The molecule has 0 bridgehead atoms. The Labute approximate surface area is 169 Å². The molecule has 1 rings (SSSR count). The molecule has 0 unspecified atom stereocenters. The van der Waals surface area contributed by atoms with E-state index in [-0.39, 0.29) is 12.5 Å². The number of nitrogens with zero attached hydrogens (tertiary/aromatic N) is 2. The fourth-order valence-electron chi connectivity index (χ4n) is 2.36. The van der Waals surface area contributed by atoms with Crippen molar-refractivity contribution < 1.29 is 23.9 Å². The number of hydrogen-bond donors (Lipinski definition) is 2. The van der Waals surface area contributed by atoms with Gasteiger partial charge in [-0.15, -0.1) is 0 Å². The van der Waals surface area contributed by atoms with Crippen LogP contribution in [0, 0.1) is 5.92 Å². The summed E-state index contributed by atoms with van der Waals surface area (Å²) in [6.07, 6.45) is 2.30. The van der Waals surface area contributed by atoms with Crippen LogP contribution in [0.1, 0.15) is 25.8 Å². The summed E-state index contributed by atoms with van der Waals surface area (Å²) in [6, 6.07) is 7.47. The van der Waals surface area contributed by atoms with E-state index in [2.05, 4.69) is 15.4 Å². The van der Waals surface area contributed by atoms with E-state index in [4.69, 9.17) is 10.3 Å². The molecule has 1 aromatic carbocycles. The summed E-state index contributed by atoms with van der Waals surface area (Å²) in [5.74, 6) is -0.613. The van der Waals surface area contributed by atoms with Crippen molar-refractivity contribution in [3.05, 3.63) is 41.4 Å². The molecule has 0 aliphatic rings. The van der Waals surface area contributed by atoms with Gasteiger partial charge < -0.3 is 20.9 Å². The smallest absolute Gasteiger partial charge is 0.408 e. The number of nitrogens with one attached hydrogen (secondary N) is 2. The number of benzene rings is 1. The van der Waals surface area contributed by atoms with Crippen molar-refractivity contribution in [2.75, 3.05) is 12.0 Å². The SMILES string of the molecule is CSCC[C@H](NC(=O)[C@@H](NC(=O)OCc1ccccc1)C(C)C)C(=O)C=[N+]=[N-]. The Morgan fingerprint density at radius 3 is 2.46 bits per heavy atom. The van der Waals surface area contributed by atoms with Gasteiger partial charge in [-0.1, -0.05) is 44.2 Å². The summed E-state index contributed by atoms with van der Waals surface area (Å²) in [4.78, 5) is 39.5. The standard InChI is InChI=1S/C19H26N4O4S/c1-13(2)17(23-19(26)27-12-14-7-5-4-6-8-14)18(25)22-15(9-10-28-3)16(24)11-21-20/h4-8,11,13,15,17H,9-10,12H2,1-3H3,(H,22,25)(H,23,26)/t15-,17-/m0/s1. The summed E-state index contributed by atoms with van der Waals surface area (Å²) in [7, 11) is 0. The number of hydrogen-bond acceptors (Lipinski definition) is 5. The average Bonchev–Trinajstić information content (AvgIpc) is 2.68. The summed E-state index contributed by atoms with van der Waals surface area (Å²) >= 11 is 1.52. The lowest BCUT2D eigenvalue weighted by Gasteiger charge is -2.23. The normalized spacial score (nSPS) is 12.4. The maximum atomic E-state index is 12.6. The van der Waals surface area contributed by atoms with E-state index < -0.39 is 29.9 Å². The minimum Gasteiger partial charge on any atom is -0.445 e. The zero-order chi connectivity index (χ0) is 20.9. The molecule has 2 amide bonds. The zero-order valence-corrected chi connectivity index (χ0v) is 17.1. The minimum absolute atomic E-state index is 0.0842. The Kier molecular flexibility index (Phi) is 10.6. The zero-order valence-electron chi connectivity index (χ0n) is 16.3. The van der Waals surface area contributed by atoms with E-state index in [9.17, 15) is 14.4 Å². The van der Waals surface area contributed by atoms with Gasteiger partial charge in [0.05, 0.1) is 6.04 Å². The third-order valence-electron chi connectivity index (χ3n) is 3.89. The van der Waals surface area contributed by atoms with Crippen molar-refractivity contribution in [2.24, 2.45) is 5.92 Å². The van der Waals surface area contributed by atoms with Crippen molar-refractivity contribution in [1.29, 1.82) is 0 Å². The lowest BCUT2D eigenvalue weighted by Crippen LogP contribution is -2.54. The van der Waals surface area contributed by atoms with E-state index in [1.165, 1.54) is 11.8 Å². The van der Waals surface area contributed by atoms with Crippen LogP contribution in [0.3, 0.4) is 0 Å². The molecule has 0 aromatic heterocycles. The van der Waals surface area contributed by atoms with Gasteiger partial charge in [0.15, 0.2) is 0 Å². The topological polar surface area (TPSA) is 121 Å². The molecule has 0 saturated carbocycles. The summed E-state index contributed by atoms with van der Waals surface area (Å²) in [5.41, 5.74) is 9.40. The summed E-state index contributed by atoms with van der Waals surface area (Å²) in [6.45, 7) is 3.63. The van der Waals surface area contributed by atoms with Crippen LogP contribution in [-0.2, 0) is 20.9 Å². The van der Waals surface area contributed by atoms with Gasteiger partial charge in [0.25, 0.3) is 5.78 Å². The van der Waals surface area contributed by atoms with Crippen LogP contribution < -0.4 is 10.6 Å².